The first kappa shape index (κ1) is 14.5. The van der Waals surface area contributed by atoms with Crippen LogP contribution in [0.15, 0.2) is 0 Å². The summed E-state index contributed by atoms with van der Waals surface area (Å²) in [6, 6.07) is 0. The SMILES string of the molecule is CCCCOC1(CBr)CCC(CCC)CC1. The molecule has 0 bridgehead atoms. The van der Waals surface area contributed by atoms with Gasteiger partial charge in [0, 0.05) is 11.9 Å². The summed E-state index contributed by atoms with van der Waals surface area (Å²) in [5.74, 6) is 0.965. The van der Waals surface area contributed by atoms with Crippen LogP contribution in [0.1, 0.15) is 65.2 Å². The van der Waals surface area contributed by atoms with Crippen molar-refractivity contribution in [3.05, 3.63) is 0 Å². The van der Waals surface area contributed by atoms with E-state index in [9.17, 15) is 0 Å². The Bertz CT molecular complexity index is 174. The molecule has 0 aromatic carbocycles. The number of rotatable bonds is 7. The number of alkyl halides is 1. The van der Waals surface area contributed by atoms with Gasteiger partial charge in [0.2, 0.25) is 0 Å². The van der Waals surface area contributed by atoms with E-state index < -0.39 is 0 Å². The molecule has 2 heteroatoms. The van der Waals surface area contributed by atoms with Gasteiger partial charge in [0.1, 0.15) is 0 Å². The van der Waals surface area contributed by atoms with Crippen LogP contribution in [0, 0.1) is 5.92 Å². The van der Waals surface area contributed by atoms with Gasteiger partial charge in [0.25, 0.3) is 0 Å². The largest absolute Gasteiger partial charge is 0.374 e. The summed E-state index contributed by atoms with van der Waals surface area (Å²) >= 11 is 3.65. The van der Waals surface area contributed by atoms with E-state index in [4.69, 9.17) is 4.74 Å². The highest BCUT2D eigenvalue weighted by Crippen LogP contribution is 2.38. The van der Waals surface area contributed by atoms with Crippen molar-refractivity contribution in [2.75, 3.05) is 11.9 Å². The van der Waals surface area contributed by atoms with E-state index in [0.717, 1.165) is 17.9 Å². The zero-order chi connectivity index (χ0) is 11.9. The Kier molecular flexibility index (Phi) is 6.98. The summed E-state index contributed by atoms with van der Waals surface area (Å²) in [4.78, 5) is 0. The quantitative estimate of drug-likeness (QED) is 0.477. The lowest BCUT2D eigenvalue weighted by atomic mass is 9.78. The van der Waals surface area contributed by atoms with Crippen molar-refractivity contribution >= 4 is 15.9 Å². The molecule has 16 heavy (non-hydrogen) atoms. The van der Waals surface area contributed by atoms with Crippen LogP contribution in [0.5, 0.6) is 0 Å². The molecule has 1 aliphatic carbocycles. The van der Waals surface area contributed by atoms with Gasteiger partial charge in [-0.3, -0.25) is 0 Å². The molecule has 1 rings (SSSR count). The molecule has 0 aromatic rings. The average Bonchev–Trinajstić information content (AvgIpc) is 2.32. The van der Waals surface area contributed by atoms with Gasteiger partial charge in [-0.05, 0) is 38.0 Å². The van der Waals surface area contributed by atoms with Crippen molar-refractivity contribution in [1.29, 1.82) is 0 Å². The van der Waals surface area contributed by atoms with Crippen molar-refractivity contribution in [3.8, 4) is 0 Å². The Morgan fingerprint density at radius 1 is 1.19 bits per heavy atom. The van der Waals surface area contributed by atoms with Crippen LogP contribution in [0.2, 0.25) is 0 Å². The first-order valence-electron chi connectivity index (χ1n) is 6.96. The highest BCUT2D eigenvalue weighted by Gasteiger charge is 2.34. The predicted molar refractivity (Wildman–Crippen MR) is 74.3 cm³/mol. The van der Waals surface area contributed by atoms with Gasteiger partial charge in [0.15, 0.2) is 0 Å². The minimum Gasteiger partial charge on any atom is -0.374 e. The van der Waals surface area contributed by atoms with Gasteiger partial charge in [-0.15, -0.1) is 0 Å². The van der Waals surface area contributed by atoms with Gasteiger partial charge in [-0.25, -0.2) is 0 Å². The van der Waals surface area contributed by atoms with Crippen LogP contribution in [0.25, 0.3) is 0 Å². The second-order valence-corrected chi connectivity index (χ2v) is 5.81. The van der Waals surface area contributed by atoms with Crippen LogP contribution in [0.3, 0.4) is 0 Å². The summed E-state index contributed by atoms with van der Waals surface area (Å²) in [5.41, 5.74) is 0.166. The minimum absolute atomic E-state index is 0.166. The molecule has 1 saturated carbocycles. The average molecular weight is 291 g/mol. The molecule has 0 atom stereocenters. The summed E-state index contributed by atoms with van der Waals surface area (Å²) < 4.78 is 6.14. The fourth-order valence-corrected chi connectivity index (χ4v) is 3.37. The Morgan fingerprint density at radius 3 is 2.38 bits per heavy atom. The molecular weight excluding hydrogens is 264 g/mol. The molecular formula is C14H27BrO. The lowest BCUT2D eigenvalue weighted by molar-refractivity contribution is -0.0614. The van der Waals surface area contributed by atoms with Crippen LogP contribution < -0.4 is 0 Å². The molecule has 0 saturated heterocycles. The zero-order valence-electron chi connectivity index (χ0n) is 10.9. The van der Waals surface area contributed by atoms with Gasteiger partial charge in [-0.1, -0.05) is 49.0 Å². The number of unbranched alkanes of at least 4 members (excludes halogenated alkanes) is 1. The third-order valence-electron chi connectivity index (χ3n) is 3.86. The van der Waals surface area contributed by atoms with Crippen LogP contribution >= 0.6 is 15.9 Å². The van der Waals surface area contributed by atoms with E-state index in [1.165, 1.54) is 51.4 Å². The van der Waals surface area contributed by atoms with E-state index in [-0.39, 0.29) is 5.60 Å². The van der Waals surface area contributed by atoms with Crippen molar-refractivity contribution in [2.24, 2.45) is 5.92 Å². The molecule has 0 spiro atoms. The number of ether oxygens (including phenoxy) is 1. The molecule has 1 aliphatic rings. The van der Waals surface area contributed by atoms with Gasteiger partial charge < -0.3 is 4.74 Å². The molecule has 0 radical (unpaired) electrons. The van der Waals surface area contributed by atoms with Crippen molar-refractivity contribution in [1.82, 2.24) is 0 Å². The predicted octanol–water partition coefficient (Wildman–Crippen LogP) is 4.93. The van der Waals surface area contributed by atoms with E-state index in [0.29, 0.717) is 0 Å². The fourth-order valence-electron chi connectivity index (χ4n) is 2.65. The van der Waals surface area contributed by atoms with Crippen molar-refractivity contribution < 1.29 is 4.74 Å². The van der Waals surface area contributed by atoms with Crippen LogP contribution in [-0.2, 0) is 4.74 Å². The van der Waals surface area contributed by atoms with E-state index in [1.54, 1.807) is 0 Å². The van der Waals surface area contributed by atoms with Crippen molar-refractivity contribution in [3.63, 3.8) is 0 Å². The normalized spacial score (nSPS) is 30.6. The monoisotopic (exact) mass is 290 g/mol. The van der Waals surface area contributed by atoms with E-state index in [2.05, 4.69) is 29.8 Å². The molecule has 0 N–H and O–H groups in total. The maximum Gasteiger partial charge on any atom is 0.0779 e. The van der Waals surface area contributed by atoms with Crippen LogP contribution in [-0.4, -0.2) is 17.5 Å². The Morgan fingerprint density at radius 2 is 1.88 bits per heavy atom. The fraction of sp³-hybridized carbons (Fsp3) is 1.00. The summed E-state index contributed by atoms with van der Waals surface area (Å²) in [5, 5.41) is 1.02. The second-order valence-electron chi connectivity index (χ2n) is 5.25. The molecule has 0 aliphatic heterocycles. The molecule has 96 valence electrons. The molecule has 1 nitrogen and oxygen atoms in total. The third-order valence-corrected chi connectivity index (χ3v) is 4.88. The number of hydrogen-bond acceptors (Lipinski definition) is 1. The highest BCUT2D eigenvalue weighted by molar-refractivity contribution is 9.09. The summed E-state index contributed by atoms with van der Waals surface area (Å²) in [6.07, 6.45) is 10.4. The smallest absolute Gasteiger partial charge is 0.0779 e. The van der Waals surface area contributed by atoms with E-state index >= 15 is 0 Å². The number of halogens is 1. The lowest BCUT2D eigenvalue weighted by Crippen LogP contribution is -2.39. The lowest BCUT2D eigenvalue weighted by Gasteiger charge is -2.39. The topological polar surface area (TPSA) is 9.23 Å². The zero-order valence-corrected chi connectivity index (χ0v) is 12.5. The number of hydrogen-bond donors (Lipinski definition) is 0. The molecule has 0 unspecified atom stereocenters. The Balaban J connectivity index is 2.32. The second kappa shape index (κ2) is 7.71. The molecule has 1 fully saturated rings. The summed E-state index contributed by atoms with van der Waals surface area (Å²) in [7, 11) is 0. The Hall–Kier alpha value is 0.440. The van der Waals surface area contributed by atoms with Crippen molar-refractivity contribution in [2.45, 2.75) is 70.8 Å². The first-order valence-corrected chi connectivity index (χ1v) is 8.08. The van der Waals surface area contributed by atoms with Crippen LogP contribution in [0.4, 0.5) is 0 Å². The maximum absolute atomic E-state index is 6.14. The van der Waals surface area contributed by atoms with Gasteiger partial charge in [-0.2, -0.15) is 0 Å². The van der Waals surface area contributed by atoms with Gasteiger partial charge in [0.05, 0.1) is 5.60 Å². The summed E-state index contributed by atoms with van der Waals surface area (Å²) in [6.45, 7) is 5.47. The third kappa shape index (κ3) is 4.37. The highest BCUT2D eigenvalue weighted by atomic mass is 79.9. The molecule has 0 heterocycles. The standard InChI is InChI=1S/C14H27BrO/c1-3-5-11-16-14(12-15)9-7-13(6-4-2)8-10-14/h13H,3-12H2,1-2H3. The van der Waals surface area contributed by atoms with E-state index in [1.807, 2.05) is 0 Å². The first-order chi connectivity index (χ1) is 7.76. The molecule has 0 aromatic heterocycles. The van der Waals surface area contributed by atoms with Gasteiger partial charge >= 0.3 is 0 Å². The molecule has 0 amide bonds. The Labute approximate surface area is 109 Å². The maximum atomic E-state index is 6.14. The minimum atomic E-state index is 0.166.